The summed E-state index contributed by atoms with van der Waals surface area (Å²) in [6.07, 6.45) is 2.73. The fourth-order valence-electron chi connectivity index (χ4n) is 2.37. The number of carbonyl (C=O) groups is 1. The van der Waals surface area contributed by atoms with Gasteiger partial charge in [0.1, 0.15) is 11.3 Å². The van der Waals surface area contributed by atoms with Crippen molar-refractivity contribution in [1.82, 2.24) is 4.98 Å². The highest BCUT2D eigenvalue weighted by Gasteiger charge is 2.18. The molecule has 1 aromatic heterocycles. The van der Waals surface area contributed by atoms with Crippen molar-refractivity contribution in [2.24, 2.45) is 5.92 Å². The van der Waals surface area contributed by atoms with E-state index in [4.69, 9.17) is 9.47 Å². The number of nitro groups is 1. The Hall–Kier alpha value is -2.70. The van der Waals surface area contributed by atoms with E-state index >= 15 is 0 Å². The second-order valence-corrected chi connectivity index (χ2v) is 5.00. The van der Waals surface area contributed by atoms with E-state index in [2.05, 4.69) is 4.98 Å². The lowest BCUT2D eigenvalue weighted by Gasteiger charge is -2.13. The molecule has 0 bridgehead atoms. The number of non-ortho nitro benzene ring substituents is 1. The van der Waals surface area contributed by atoms with E-state index in [1.54, 1.807) is 18.3 Å². The van der Waals surface area contributed by atoms with Crippen molar-refractivity contribution in [2.45, 2.75) is 19.8 Å². The Labute approximate surface area is 133 Å². The van der Waals surface area contributed by atoms with Crippen molar-refractivity contribution in [2.75, 3.05) is 13.7 Å². The first kappa shape index (κ1) is 16.7. The molecule has 0 aliphatic heterocycles. The summed E-state index contributed by atoms with van der Waals surface area (Å²) in [4.78, 5) is 26.3. The summed E-state index contributed by atoms with van der Waals surface area (Å²) in [6.45, 7) is 2.21. The van der Waals surface area contributed by atoms with Crippen LogP contribution in [-0.4, -0.2) is 29.6 Å². The first-order valence-corrected chi connectivity index (χ1v) is 7.31. The summed E-state index contributed by atoms with van der Waals surface area (Å²) in [7, 11) is 1.36. The van der Waals surface area contributed by atoms with Gasteiger partial charge in [-0.1, -0.05) is 6.92 Å². The Morgan fingerprint density at radius 2 is 2.17 bits per heavy atom. The number of hydrogen-bond donors (Lipinski definition) is 0. The van der Waals surface area contributed by atoms with Gasteiger partial charge in [0.05, 0.1) is 29.9 Å². The predicted octanol–water partition coefficient (Wildman–Crippen LogP) is 3.11. The second kappa shape index (κ2) is 7.53. The minimum atomic E-state index is -0.446. The average Bonchev–Trinajstić information content (AvgIpc) is 2.57. The number of rotatable bonds is 7. The predicted molar refractivity (Wildman–Crippen MR) is 84.3 cm³/mol. The van der Waals surface area contributed by atoms with Crippen LogP contribution in [0.2, 0.25) is 0 Å². The average molecular weight is 318 g/mol. The van der Waals surface area contributed by atoms with Crippen LogP contribution in [0.25, 0.3) is 10.9 Å². The quantitative estimate of drug-likeness (QED) is 0.442. The smallest absolute Gasteiger partial charge is 0.308 e. The molecule has 0 aliphatic carbocycles. The Morgan fingerprint density at radius 1 is 1.39 bits per heavy atom. The topological polar surface area (TPSA) is 91.6 Å². The summed E-state index contributed by atoms with van der Waals surface area (Å²) in [5.74, 6) is -0.0222. The van der Waals surface area contributed by atoms with Crippen LogP contribution in [0.3, 0.4) is 0 Å². The maximum absolute atomic E-state index is 11.6. The molecule has 0 saturated carbocycles. The third-order valence-electron chi connectivity index (χ3n) is 3.66. The van der Waals surface area contributed by atoms with Crippen molar-refractivity contribution in [3.8, 4) is 5.75 Å². The molecule has 23 heavy (non-hydrogen) atoms. The number of nitrogens with zero attached hydrogens (tertiary/aromatic N) is 2. The van der Waals surface area contributed by atoms with Gasteiger partial charge in [0, 0.05) is 12.3 Å². The summed E-state index contributed by atoms with van der Waals surface area (Å²) < 4.78 is 10.4. The van der Waals surface area contributed by atoms with Crippen LogP contribution >= 0.6 is 0 Å². The first-order valence-electron chi connectivity index (χ1n) is 7.31. The number of benzene rings is 1. The van der Waals surface area contributed by atoms with Gasteiger partial charge in [0.15, 0.2) is 0 Å². The minimum Gasteiger partial charge on any atom is -0.491 e. The molecular weight excluding hydrogens is 300 g/mol. The zero-order chi connectivity index (χ0) is 16.8. The Morgan fingerprint density at radius 3 is 2.83 bits per heavy atom. The number of nitro benzene ring substituents is 1. The van der Waals surface area contributed by atoms with E-state index in [0.717, 1.165) is 0 Å². The van der Waals surface area contributed by atoms with Crippen molar-refractivity contribution in [1.29, 1.82) is 0 Å². The molecule has 1 heterocycles. The maximum Gasteiger partial charge on any atom is 0.308 e. The summed E-state index contributed by atoms with van der Waals surface area (Å²) in [5.41, 5.74) is 0.425. The number of esters is 1. The summed E-state index contributed by atoms with van der Waals surface area (Å²) >= 11 is 0. The lowest BCUT2D eigenvalue weighted by atomic mass is 10.0. The fraction of sp³-hybridized carbons (Fsp3) is 0.375. The second-order valence-electron chi connectivity index (χ2n) is 5.00. The third kappa shape index (κ3) is 3.74. The van der Waals surface area contributed by atoms with Gasteiger partial charge in [-0.05, 0) is 31.0 Å². The first-order chi connectivity index (χ1) is 11.1. The van der Waals surface area contributed by atoms with Gasteiger partial charge < -0.3 is 9.47 Å². The van der Waals surface area contributed by atoms with Gasteiger partial charge in [-0.2, -0.15) is 0 Å². The normalized spacial score (nSPS) is 11.9. The molecule has 0 amide bonds. The van der Waals surface area contributed by atoms with E-state index in [0.29, 0.717) is 36.1 Å². The molecule has 0 N–H and O–H groups in total. The largest absolute Gasteiger partial charge is 0.491 e. The zero-order valence-electron chi connectivity index (χ0n) is 13.0. The molecule has 2 aromatic rings. The van der Waals surface area contributed by atoms with Crippen LogP contribution in [0.5, 0.6) is 5.75 Å². The molecular formula is C16H18N2O5. The lowest BCUT2D eigenvalue weighted by Crippen LogP contribution is -2.18. The van der Waals surface area contributed by atoms with Crippen molar-refractivity contribution in [3.05, 3.63) is 40.6 Å². The number of methoxy groups -OCH3 is 1. The van der Waals surface area contributed by atoms with E-state index in [-0.39, 0.29) is 17.6 Å². The Balaban J connectivity index is 2.17. The summed E-state index contributed by atoms with van der Waals surface area (Å²) in [5, 5.41) is 11.5. The van der Waals surface area contributed by atoms with Crippen LogP contribution in [0.4, 0.5) is 5.69 Å². The maximum atomic E-state index is 11.6. The van der Waals surface area contributed by atoms with Crippen molar-refractivity contribution < 1.29 is 19.2 Å². The van der Waals surface area contributed by atoms with Gasteiger partial charge in [-0.25, -0.2) is 0 Å². The van der Waals surface area contributed by atoms with Crippen molar-refractivity contribution >= 4 is 22.6 Å². The van der Waals surface area contributed by atoms with Crippen LogP contribution in [0.1, 0.15) is 19.8 Å². The molecule has 1 atom stereocenters. The molecule has 122 valence electrons. The van der Waals surface area contributed by atoms with Crippen LogP contribution < -0.4 is 4.74 Å². The highest BCUT2D eigenvalue weighted by molar-refractivity contribution is 5.92. The lowest BCUT2D eigenvalue weighted by molar-refractivity contribution is -0.383. The molecule has 1 unspecified atom stereocenters. The van der Waals surface area contributed by atoms with E-state index < -0.39 is 4.92 Å². The number of hydrogen-bond acceptors (Lipinski definition) is 6. The van der Waals surface area contributed by atoms with Crippen LogP contribution in [0, 0.1) is 16.0 Å². The SMILES string of the molecule is CCC(CCOc1ccc([N+](=O)[O-])c2cccnc12)C(=O)OC. The molecule has 0 aliphatic rings. The molecule has 7 heteroatoms. The molecule has 0 radical (unpaired) electrons. The number of aromatic nitrogens is 1. The molecule has 2 rings (SSSR count). The monoisotopic (exact) mass is 318 g/mol. The van der Waals surface area contributed by atoms with Gasteiger partial charge in [-0.3, -0.25) is 19.9 Å². The van der Waals surface area contributed by atoms with Crippen LogP contribution in [0.15, 0.2) is 30.5 Å². The van der Waals surface area contributed by atoms with Gasteiger partial charge in [0.25, 0.3) is 5.69 Å². The number of carbonyl (C=O) groups excluding carboxylic acids is 1. The number of ether oxygens (including phenoxy) is 2. The molecule has 7 nitrogen and oxygen atoms in total. The fourth-order valence-corrected chi connectivity index (χ4v) is 2.37. The van der Waals surface area contributed by atoms with Crippen LogP contribution in [-0.2, 0) is 9.53 Å². The van der Waals surface area contributed by atoms with E-state index in [9.17, 15) is 14.9 Å². The van der Waals surface area contributed by atoms with Crippen molar-refractivity contribution in [3.63, 3.8) is 0 Å². The van der Waals surface area contributed by atoms with E-state index in [1.807, 2.05) is 6.92 Å². The number of fused-ring (bicyclic) bond motifs is 1. The standard InChI is InChI=1S/C16H18N2O5/c1-3-11(16(19)22-2)8-10-23-14-7-6-13(18(20)21)12-5-4-9-17-15(12)14/h4-7,9,11H,3,8,10H2,1-2H3. The van der Waals surface area contributed by atoms with Gasteiger partial charge >= 0.3 is 5.97 Å². The Bertz CT molecular complexity index is 717. The minimum absolute atomic E-state index is 0.0126. The number of pyridine rings is 1. The van der Waals surface area contributed by atoms with Gasteiger partial charge in [0.2, 0.25) is 0 Å². The Kier molecular flexibility index (Phi) is 5.46. The molecule has 0 spiro atoms. The van der Waals surface area contributed by atoms with E-state index in [1.165, 1.54) is 19.2 Å². The van der Waals surface area contributed by atoms with Gasteiger partial charge in [-0.15, -0.1) is 0 Å². The highest BCUT2D eigenvalue weighted by Crippen LogP contribution is 2.31. The molecule has 0 saturated heterocycles. The molecule has 1 aromatic carbocycles. The highest BCUT2D eigenvalue weighted by atomic mass is 16.6. The zero-order valence-corrected chi connectivity index (χ0v) is 13.0. The third-order valence-corrected chi connectivity index (χ3v) is 3.66. The summed E-state index contributed by atoms with van der Waals surface area (Å²) in [6, 6.07) is 6.21. The molecule has 0 fully saturated rings.